The molecule has 0 bridgehead atoms. The number of fused-ring (bicyclic) bond motifs is 4. The first-order valence-electron chi connectivity index (χ1n) is 8.30. The summed E-state index contributed by atoms with van der Waals surface area (Å²) in [7, 11) is 0. The van der Waals surface area contributed by atoms with E-state index in [1.165, 1.54) is 12.0 Å². The molecule has 5 rings (SSSR count). The number of aryl methyl sites for hydroxylation is 2. The molecule has 3 aliphatic rings. The number of hydrogen-bond donors (Lipinski definition) is 3. The minimum absolute atomic E-state index is 0.0977. The normalized spacial score (nSPS) is 23.3. The molecule has 1 fully saturated rings. The maximum Gasteiger partial charge on any atom is 0.272 e. The molecule has 0 radical (unpaired) electrons. The van der Waals surface area contributed by atoms with Crippen molar-refractivity contribution in [1.82, 2.24) is 20.5 Å². The lowest BCUT2D eigenvalue weighted by Crippen LogP contribution is -2.28. The van der Waals surface area contributed by atoms with Gasteiger partial charge in [-0.3, -0.25) is 14.7 Å². The van der Waals surface area contributed by atoms with Crippen molar-refractivity contribution in [2.75, 3.05) is 0 Å². The van der Waals surface area contributed by atoms with Gasteiger partial charge in [0, 0.05) is 35.0 Å². The average Bonchev–Trinajstić information content (AvgIpc) is 2.91. The minimum Gasteiger partial charge on any atom is -0.346 e. The van der Waals surface area contributed by atoms with Crippen molar-refractivity contribution in [1.29, 1.82) is 0 Å². The first kappa shape index (κ1) is 13.1. The van der Waals surface area contributed by atoms with Crippen molar-refractivity contribution in [2.45, 2.75) is 44.6 Å². The van der Waals surface area contributed by atoms with Gasteiger partial charge in [-0.1, -0.05) is 0 Å². The Balaban J connectivity index is 1.34. The van der Waals surface area contributed by atoms with E-state index in [2.05, 4.69) is 20.5 Å². The van der Waals surface area contributed by atoms with Crippen LogP contribution in [0.25, 0.3) is 0 Å². The van der Waals surface area contributed by atoms with Crippen molar-refractivity contribution in [3.63, 3.8) is 0 Å². The van der Waals surface area contributed by atoms with Crippen LogP contribution in [0.5, 0.6) is 0 Å². The zero-order valence-corrected chi connectivity index (χ0v) is 12.7. The Morgan fingerprint density at radius 1 is 1.39 bits per heavy atom. The highest BCUT2D eigenvalue weighted by atomic mass is 16.2. The summed E-state index contributed by atoms with van der Waals surface area (Å²) in [6, 6.07) is 1.94. The molecule has 0 aromatic carbocycles. The highest BCUT2D eigenvalue weighted by Crippen LogP contribution is 2.55. The number of carbonyl (C=O) groups is 1. The van der Waals surface area contributed by atoms with E-state index in [0.29, 0.717) is 23.1 Å². The predicted molar refractivity (Wildman–Crippen MR) is 83.4 cm³/mol. The lowest BCUT2D eigenvalue weighted by Gasteiger charge is -2.06. The molecule has 118 valence electrons. The Labute approximate surface area is 132 Å². The SMILES string of the molecule is O=C(NCc1cc2c([nH]c1=O)CCC2)c1n[nH]c2c1C[C@H]1C[C@@H]21. The lowest BCUT2D eigenvalue weighted by atomic mass is 10.1. The fraction of sp³-hybridized carbons (Fsp3) is 0.471. The third kappa shape index (κ3) is 1.97. The smallest absolute Gasteiger partial charge is 0.272 e. The number of H-pyrrole nitrogens is 2. The highest BCUT2D eigenvalue weighted by Gasteiger charge is 2.48. The molecular weight excluding hydrogens is 292 g/mol. The van der Waals surface area contributed by atoms with E-state index in [1.54, 1.807) is 0 Å². The van der Waals surface area contributed by atoms with Gasteiger partial charge in [0.1, 0.15) is 0 Å². The molecule has 2 aromatic rings. The first-order valence-corrected chi connectivity index (χ1v) is 8.30. The summed E-state index contributed by atoms with van der Waals surface area (Å²) in [6.45, 7) is 0.246. The van der Waals surface area contributed by atoms with Crippen LogP contribution >= 0.6 is 0 Å². The maximum atomic E-state index is 12.4. The van der Waals surface area contributed by atoms with Gasteiger partial charge in [-0.15, -0.1) is 0 Å². The molecule has 23 heavy (non-hydrogen) atoms. The molecule has 2 heterocycles. The Morgan fingerprint density at radius 3 is 3.22 bits per heavy atom. The molecule has 2 aromatic heterocycles. The Bertz CT molecular complexity index is 879. The van der Waals surface area contributed by atoms with Crippen LogP contribution in [0.15, 0.2) is 10.9 Å². The van der Waals surface area contributed by atoms with Crippen LogP contribution in [0.2, 0.25) is 0 Å². The highest BCUT2D eigenvalue weighted by molar-refractivity contribution is 5.94. The largest absolute Gasteiger partial charge is 0.346 e. The Kier molecular flexibility index (Phi) is 2.60. The van der Waals surface area contributed by atoms with Crippen LogP contribution in [-0.2, 0) is 25.8 Å². The quantitative estimate of drug-likeness (QED) is 0.795. The van der Waals surface area contributed by atoms with Crippen LogP contribution < -0.4 is 10.9 Å². The van der Waals surface area contributed by atoms with Gasteiger partial charge in [0.15, 0.2) is 5.69 Å². The summed E-state index contributed by atoms with van der Waals surface area (Å²) in [4.78, 5) is 27.4. The van der Waals surface area contributed by atoms with E-state index < -0.39 is 0 Å². The second kappa shape index (κ2) is 4.57. The van der Waals surface area contributed by atoms with E-state index in [-0.39, 0.29) is 18.0 Å². The topological polar surface area (TPSA) is 90.6 Å². The van der Waals surface area contributed by atoms with E-state index in [4.69, 9.17) is 0 Å². The fourth-order valence-corrected chi connectivity index (χ4v) is 4.12. The van der Waals surface area contributed by atoms with Gasteiger partial charge in [-0.2, -0.15) is 5.10 Å². The van der Waals surface area contributed by atoms with Gasteiger partial charge >= 0.3 is 0 Å². The summed E-state index contributed by atoms with van der Waals surface area (Å²) in [5.41, 5.74) is 5.50. The summed E-state index contributed by atoms with van der Waals surface area (Å²) < 4.78 is 0. The summed E-state index contributed by atoms with van der Waals surface area (Å²) in [5.74, 6) is 1.12. The fourth-order valence-electron chi connectivity index (χ4n) is 4.12. The summed E-state index contributed by atoms with van der Waals surface area (Å²) in [5, 5.41) is 10.1. The molecule has 3 aliphatic carbocycles. The number of hydrogen-bond acceptors (Lipinski definition) is 3. The average molecular weight is 310 g/mol. The van der Waals surface area contributed by atoms with Gasteiger partial charge in [-0.05, 0) is 49.7 Å². The molecule has 3 N–H and O–H groups in total. The van der Waals surface area contributed by atoms with Crippen molar-refractivity contribution >= 4 is 5.91 Å². The van der Waals surface area contributed by atoms with Gasteiger partial charge in [0.25, 0.3) is 11.5 Å². The lowest BCUT2D eigenvalue weighted by molar-refractivity contribution is 0.0945. The molecule has 2 atom stereocenters. The Hall–Kier alpha value is -2.37. The van der Waals surface area contributed by atoms with Crippen molar-refractivity contribution in [3.8, 4) is 0 Å². The third-order valence-electron chi connectivity index (χ3n) is 5.48. The van der Waals surface area contributed by atoms with E-state index in [9.17, 15) is 9.59 Å². The molecule has 0 unspecified atom stereocenters. The molecule has 0 spiro atoms. The zero-order valence-electron chi connectivity index (χ0n) is 12.7. The van der Waals surface area contributed by atoms with E-state index in [0.717, 1.165) is 42.6 Å². The maximum absolute atomic E-state index is 12.4. The number of pyridine rings is 1. The van der Waals surface area contributed by atoms with Crippen molar-refractivity contribution < 1.29 is 4.79 Å². The number of nitrogens with zero attached hydrogens (tertiary/aromatic N) is 1. The van der Waals surface area contributed by atoms with E-state index >= 15 is 0 Å². The third-order valence-corrected chi connectivity index (χ3v) is 5.48. The number of nitrogens with one attached hydrogen (secondary N) is 3. The van der Waals surface area contributed by atoms with E-state index in [1.807, 2.05) is 6.07 Å². The summed E-state index contributed by atoms with van der Waals surface area (Å²) in [6.07, 6.45) is 5.21. The van der Waals surface area contributed by atoms with Crippen LogP contribution in [0.3, 0.4) is 0 Å². The minimum atomic E-state index is -0.191. The first-order chi connectivity index (χ1) is 11.2. The molecule has 6 nitrogen and oxygen atoms in total. The number of amides is 1. The Morgan fingerprint density at radius 2 is 2.30 bits per heavy atom. The van der Waals surface area contributed by atoms with Gasteiger partial charge in [-0.25, -0.2) is 0 Å². The van der Waals surface area contributed by atoms with Crippen LogP contribution in [0, 0.1) is 5.92 Å². The second-order valence-corrected chi connectivity index (χ2v) is 6.93. The van der Waals surface area contributed by atoms with Crippen molar-refractivity contribution in [2.24, 2.45) is 5.92 Å². The zero-order chi connectivity index (χ0) is 15.6. The molecule has 1 saturated carbocycles. The molecule has 0 aliphatic heterocycles. The van der Waals surface area contributed by atoms with Gasteiger partial charge in [0.2, 0.25) is 0 Å². The number of aromatic amines is 2. The van der Waals surface area contributed by atoms with Crippen LogP contribution in [-0.4, -0.2) is 21.1 Å². The number of rotatable bonds is 3. The van der Waals surface area contributed by atoms with Gasteiger partial charge < -0.3 is 10.3 Å². The van der Waals surface area contributed by atoms with Crippen LogP contribution in [0.1, 0.15) is 57.3 Å². The van der Waals surface area contributed by atoms with Crippen LogP contribution in [0.4, 0.5) is 0 Å². The summed E-state index contributed by atoms with van der Waals surface area (Å²) >= 11 is 0. The predicted octanol–water partition coefficient (Wildman–Crippen LogP) is 1.18. The molecule has 6 heteroatoms. The van der Waals surface area contributed by atoms with Gasteiger partial charge in [0.05, 0.1) is 0 Å². The number of carbonyl (C=O) groups excluding carboxylic acids is 1. The second-order valence-electron chi connectivity index (χ2n) is 6.93. The number of aromatic nitrogens is 3. The standard InChI is InChI=1S/C17H18N4O2/c22-16-10(4-8-2-1-3-13(8)19-16)7-18-17(23)15-12-6-9-5-11(9)14(12)20-21-15/h4,9,11H,1-3,5-7H2,(H,18,23)(H,19,22)(H,20,21)/t9-,11-/m1/s1. The monoisotopic (exact) mass is 310 g/mol. The molecule has 0 saturated heterocycles. The molecular formula is C17H18N4O2. The molecule has 1 amide bonds. The van der Waals surface area contributed by atoms with Crippen molar-refractivity contribution in [3.05, 3.63) is 50.2 Å².